The molecule has 0 atom stereocenters. The standard InChI is InChI=1S/C20H19N5O2S2/c26-17(10-14-12-28-20-21-7-9-25(14)20)23-19-22-15-6-8-24(11-16(15)29-19)18(27)13-4-2-1-3-5-13/h1-5,12H,6-11H2,(H,22,23,26). The average Bonchev–Trinajstić information content (AvgIpc) is 3.44. The fourth-order valence-corrected chi connectivity index (χ4v) is 5.62. The summed E-state index contributed by atoms with van der Waals surface area (Å²) in [6.45, 7) is 2.81. The minimum atomic E-state index is -0.0756. The van der Waals surface area contributed by atoms with Crippen molar-refractivity contribution >= 4 is 45.2 Å². The number of thiazole rings is 1. The SMILES string of the molecule is O=C(CC1=CSC2=NCCN12)Nc1nc2c(s1)CN(C(=O)c1ccccc1)CC2. The summed E-state index contributed by atoms with van der Waals surface area (Å²) in [5.41, 5.74) is 2.67. The summed E-state index contributed by atoms with van der Waals surface area (Å²) in [6.07, 6.45) is 1.02. The fraction of sp³-hybridized carbons (Fsp3) is 0.300. The molecular formula is C20H19N5O2S2. The molecule has 0 aliphatic carbocycles. The molecule has 3 aliphatic heterocycles. The minimum Gasteiger partial charge on any atom is -0.333 e. The summed E-state index contributed by atoms with van der Waals surface area (Å²) in [5, 5.41) is 6.52. The first-order chi connectivity index (χ1) is 14.2. The van der Waals surface area contributed by atoms with Crippen molar-refractivity contribution in [3.8, 4) is 0 Å². The Hall–Kier alpha value is -2.65. The lowest BCUT2D eigenvalue weighted by Gasteiger charge is -2.26. The van der Waals surface area contributed by atoms with Crippen molar-refractivity contribution in [2.24, 2.45) is 4.99 Å². The number of carbonyl (C=O) groups excluding carboxylic acids is 2. The van der Waals surface area contributed by atoms with Crippen LogP contribution < -0.4 is 5.32 Å². The smallest absolute Gasteiger partial charge is 0.254 e. The van der Waals surface area contributed by atoms with Crippen LogP contribution >= 0.6 is 23.1 Å². The lowest BCUT2D eigenvalue weighted by atomic mass is 10.1. The molecule has 0 unspecified atom stereocenters. The van der Waals surface area contributed by atoms with Gasteiger partial charge < -0.3 is 15.1 Å². The number of carbonyl (C=O) groups is 2. The quantitative estimate of drug-likeness (QED) is 0.815. The van der Waals surface area contributed by atoms with Crippen molar-refractivity contribution in [3.05, 3.63) is 57.6 Å². The van der Waals surface area contributed by atoms with Gasteiger partial charge in [-0.3, -0.25) is 14.6 Å². The maximum atomic E-state index is 12.7. The first-order valence-corrected chi connectivity index (χ1v) is 11.2. The second-order valence-corrected chi connectivity index (χ2v) is 8.92. The highest BCUT2D eigenvalue weighted by atomic mass is 32.2. The van der Waals surface area contributed by atoms with Crippen molar-refractivity contribution < 1.29 is 9.59 Å². The van der Waals surface area contributed by atoms with Crippen LogP contribution in [0.4, 0.5) is 5.13 Å². The molecule has 1 N–H and O–H groups in total. The molecule has 0 bridgehead atoms. The summed E-state index contributed by atoms with van der Waals surface area (Å²) in [5.74, 6) is -0.0442. The van der Waals surface area contributed by atoms with E-state index in [0.29, 0.717) is 36.6 Å². The molecule has 148 valence electrons. The molecule has 9 heteroatoms. The molecule has 1 aromatic heterocycles. The number of aliphatic imine (C=N–C) groups is 1. The first kappa shape index (κ1) is 18.4. The number of aromatic nitrogens is 1. The molecule has 3 aliphatic rings. The summed E-state index contributed by atoms with van der Waals surface area (Å²) in [7, 11) is 0. The largest absolute Gasteiger partial charge is 0.333 e. The number of anilines is 1. The Morgan fingerprint density at radius 3 is 2.90 bits per heavy atom. The van der Waals surface area contributed by atoms with Crippen LogP contribution in [0.5, 0.6) is 0 Å². The summed E-state index contributed by atoms with van der Waals surface area (Å²) >= 11 is 3.03. The van der Waals surface area contributed by atoms with Gasteiger partial charge in [0.15, 0.2) is 10.3 Å². The molecule has 4 heterocycles. The van der Waals surface area contributed by atoms with E-state index in [1.54, 1.807) is 11.8 Å². The normalized spacial score (nSPS) is 17.5. The van der Waals surface area contributed by atoms with E-state index < -0.39 is 0 Å². The maximum absolute atomic E-state index is 12.7. The number of hydrogen-bond acceptors (Lipinski definition) is 7. The topological polar surface area (TPSA) is 77.9 Å². The predicted molar refractivity (Wildman–Crippen MR) is 115 cm³/mol. The number of fused-ring (bicyclic) bond motifs is 2. The van der Waals surface area contributed by atoms with Crippen LogP contribution in [0, 0.1) is 0 Å². The van der Waals surface area contributed by atoms with E-state index in [0.717, 1.165) is 34.5 Å². The highest BCUT2D eigenvalue weighted by molar-refractivity contribution is 8.16. The summed E-state index contributed by atoms with van der Waals surface area (Å²) < 4.78 is 0. The third-order valence-corrected chi connectivity index (χ3v) is 7.02. The number of rotatable bonds is 4. The summed E-state index contributed by atoms with van der Waals surface area (Å²) in [6, 6.07) is 9.32. The molecule has 5 rings (SSSR count). The highest BCUT2D eigenvalue weighted by Crippen LogP contribution is 2.32. The van der Waals surface area contributed by atoms with Gasteiger partial charge in [-0.05, 0) is 17.5 Å². The zero-order chi connectivity index (χ0) is 19.8. The average molecular weight is 426 g/mol. The van der Waals surface area contributed by atoms with Crippen LogP contribution in [0.15, 0.2) is 46.4 Å². The zero-order valence-electron chi connectivity index (χ0n) is 15.6. The van der Waals surface area contributed by atoms with Gasteiger partial charge in [-0.2, -0.15) is 0 Å². The van der Waals surface area contributed by atoms with Gasteiger partial charge in [-0.15, -0.1) is 0 Å². The van der Waals surface area contributed by atoms with Crippen LogP contribution in [-0.4, -0.2) is 51.4 Å². The molecule has 0 saturated heterocycles. The van der Waals surface area contributed by atoms with Gasteiger partial charge in [-0.25, -0.2) is 4.98 Å². The van der Waals surface area contributed by atoms with Crippen molar-refractivity contribution in [1.29, 1.82) is 0 Å². The van der Waals surface area contributed by atoms with Crippen molar-refractivity contribution in [3.63, 3.8) is 0 Å². The summed E-state index contributed by atoms with van der Waals surface area (Å²) in [4.78, 5) is 39.2. The van der Waals surface area contributed by atoms with Gasteiger partial charge in [0.2, 0.25) is 5.91 Å². The predicted octanol–water partition coefficient (Wildman–Crippen LogP) is 2.93. The Morgan fingerprint density at radius 2 is 2.03 bits per heavy atom. The van der Waals surface area contributed by atoms with Crippen LogP contribution in [0.25, 0.3) is 0 Å². The van der Waals surface area contributed by atoms with Crippen LogP contribution in [-0.2, 0) is 17.8 Å². The number of benzene rings is 1. The van der Waals surface area contributed by atoms with Crippen molar-refractivity contribution in [1.82, 2.24) is 14.8 Å². The third kappa shape index (κ3) is 3.67. The van der Waals surface area contributed by atoms with Gasteiger partial charge in [0, 0.05) is 35.6 Å². The molecule has 1 aromatic carbocycles. The maximum Gasteiger partial charge on any atom is 0.254 e. The Kier molecular flexibility index (Phi) is 4.84. The Morgan fingerprint density at radius 1 is 1.17 bits per heavy atom. The molecular weight excluding hydrogens is 406 g/mol. The van der Waals surface area contributed by atoms with Crippen LogP contribution in [0.1, 0.15) is 27.3 Å². The molecule has 7 nitrogen and oxygen atoms in total. The second-order valence-electron chi connectivity index (χ2n) is 7.00. The number of hydrogen-bond donors (Lipinski definition) is 1. The lowest BCUT2D eigenvalue weighted by Crippen LogP contribution is -2.35. The van der Waals surface area contributed by atoms with E-state index >= 15 is 0 Å². The van der Waals surface area contributed by atoms with E-state index in [9.17, 15) is 9.59 Å². The Labute approximate surface area is 176 Å². The molecule has 0 saturated carbocycles. The molecule has 29 heavy (non-hydrogen) atoms. The number of amides is 2. The minimum absolute atomic E-state index is 0.0315. The number of nitrogens with zero attached hydrogens (tertiary/aromatic N) is 4. The Bertz CT molecular complexity index is 1030. The molecule has 0 spiro atoms. The van der Waals surface area contributed by atoms with Crippen molar-refractivity contribution in [2.45, 2.75) is 19.4 Å². The van der Waals surface area contributed by atoms with Gasteiger partial charge in [0.25, 0.3) is 5.91 Å². The second kappa shape index (κ2) is 7.64. The number of nitrogens with one attached hydrogen (secondary N) is 1. The lowest BCUT2D eigenvalue weighted by molar-refractivity contribution is -0.115. The van der Waals surface area contributed by atoms with E-state index in [4.69, 9.17) is 0 Å². The molecule has 2 aromatic rings. The van der Waals surface area contributed by atoms with Gasteiger partial charge >= 0.3 is 0 Å². The van der Waals surface area contributed by atoms with E-state index in [1.807, 2.05) is 40.6 Å². The molecule has 0 radical (unpaired) electrons. The Balaban J connectivity index is 1.22. The highest BCUT2D eigenvalue weighted by Gasteiger charge is 2.28. The molecule has 2 amide bonds. The number of amidine groups is 1. The van der Waals surface area contributed by atoms with Gasteiger partial charge in [-0.1, -0.05) is 41.3 Å². The van der Waals surface area contributed by atoms with E-state index in [2.05, 4.69) is 20.2 Å². The van der Waals surface area contributed by atoms with Gasteiger partial charge in [0.1, 0.15) is 0 Å². The first-order valence-electron chi connectivity index (χ1n) is 9.48. The monoisotopic (exact) mass is 425 g/mol. The van der Waals surface area contributed by atoms with E-state index in [1.165, 1.54) is 11.3 Å². The third-order valence-electron chi connectivity index (χ3n) is 5.08. The van der Waals surface area contributed by atoms with Crippen LogP contribution in [0.2, 0.25) is 0 Å². The molecule has 0 fully saturated rings. The van der Waals surface area contributed by atoms with Crippen LogP contribution in [0.3, 0.4) is 0 Å². The number of thioether (sulfide) groups is 1. The van der Waals surface area contributed by atoms with Crippen molar-refractivity contribution in [2.75, 3.05) is 25.0 Å². The zero-order valence-corrected chi connectivity index (χ0v) is 17.3. The van der Waals surface area contributed by atoms with Gasteiger partial charge in [0.05, 0.1) is 25.2 Å². The fourth-order valence-electron chi connectivity index (χ4n) is 3.63. The van der Waals surface area contributed by atoms with E-state index in [-0.39, 0.29) is 11.8 Å².